The van der Waals surface area contributed by atoms with Crippen LogP contribution in [0.3, 0.4) is 0 Å². The van der Waals surface area contributed by atoms with E-state index in [0.717, 1.165) is 32.7 Å². The lowest BCUT2D eigenvalue weighted by atomic mass is 9.95. The smallest absolute Gasteiger partial charge is 0.228 e. The molecule has 4 unspecified atom stereocenters. The fourth-order valence-electron chi connectivity index (χ4n) is 3.42. The van der Waals surface area contributed by atoms with Gasteiger partial charge in [0.1, 0.15) is 0 Å². The minimum absolute atomic E-state index is 0.134. The van der Waals surface area contributed by atoms with Gasteiger partial charge in [0.2, 0.25) is 5.91 Å². The Labute approximate surface area is 96.3 Å². The van der Waals surface area contributed by atoms with Crippen molar-refractivity contribution in [3.63, 3.8) is 0 Å². The van der Waals surface area contributed by atoms with Gasteiger partial charge >= 0.3 is 0 Å². The Kier molecular flexibility index (Phi) is 2.64. The molecule has 0 radical (unpaired) electrons. The van der Waals surface area contributed by atoms with E-state index in [1.165, 1.54) is 0 Å². The van der Waals surface area contributed by atoms with Crippen LogP contribution in [0.2, 0.25) is 0 Å². The molecule has 4 heteroatoms. The molecule has 0 aromatic rings. The molecule has 1 N–H and O–H groups in total. The van der Waals surface area contributed by atoms with Crippen molar-refractivity contribution in [3.05, 3.63) is 0 Å². The summed E-state index contributed by atoms with van der Waals surface area (Å²) in [7, 11) is 0. The Morgan fingerprint density at radius 3 is 3.00 bits per heavy atom. The highest BCUT2D eigenvalue weighted by molar-refractivity contribution is 5.80. The van der Waals surface area contributed by atoms with Crippen LogP contribution in [0.4, 0.5) is 0 Å². The number of carbonyl (C=O) groups excluding carboxylic acids is 1. The van der Waals surface area contributed by atoms with Crippen molar-refractivity contribution in [3.8, 4) is 0 Å². The maximum Gasteiger partial charge on any atom is 0.228 e. The van der Waals surface area contributed by atoms with Gasteiger partial charge in [-0.15, -0.1) is 0 Å². The van der Waals surface area contributed by atoms with Gasteiger partial charge in [-0.2, -0.15) is 0 Å². The Morgan fingerprint density at radius 1 is 1.44 bits per heavy atom. The van der Waals surface area contributed by atoms with Gasteiger partial charge < -0.3 is 15.0 Å². The number of carbonyl (C=O) groups is 1. The fourth-order valence-corrected chi connectivity index (χ4v) is 3.42. The average Bonchev–Trinajstić information content (AvgIpc) is 2.95. The number of nitrogens with one attached hydrogen (secondary N) is 1. The number of hydrogen-bond acceptors (Lipinski definition) is 3. The molecule has 0 aromatic heterocycles. The third-order valence-electron chi connectivity index (χ3n) is 4.50. The molecule has 0 bridgehead atoms. The molecule has 90 valence electrons. The van der Waals surface area contributed by atoms with Gasteiger partial charge in [-0.1, -0.05) is 0 Å². The largest absolute Gasteiger partial charge is 0.381 e. The third kappa shape index (κ3) is 1.55. The highest BCUT2D eigenvalue weighted by atomic mass is 16.5. The summed E-state index contributed by atoms with van der Waals surface area (Å²) < 4.78 is 5.31. The maximum atomic E-state index is 12.3. The quantitative estimate of drug-likeness (QED) is 0.686. The first kappa shape index (κ1) is 10.5. The van der Waals surface area contributed by atoms with Crippen molar-refractivity contribution in [2.24, 2.45) is 17.8 Å². The van der Waals surface area contributed by atoms with Crippen LogP contribution >= 0.6 is 0 Å². The normalized spacial score (nSPS) is 42.7. The van der Waals surface area contributed by atoms with Crippen LogP contribution in [0.5, 0.6) is 0 Å². The number of fused-ring (bicyclic) bond motifs is 1. The van der Waals surface area contributed by atoms with Crippen molar-refractivity contribution >= 4 is 5.91 Å². The first-order valence-corrected chi connectivity index (χ1v) is 6.36. The van der Waals surface area contributed by atoms with E-state index in [0.29, 0.717) is 30.4 Å². The Bertz CT molecular complexity index is 289. The summed E-state index contributed by atoms with van der Waals surface area (Å²) in [6.07, 6.45) is 0.912. The topological polar surface area (TPSA) is 41.6 Å². The molecule has 3 rings (SSSR count). The summed E-state index contributed by atoms with van der Waals surface area (Å²) in [5, 5.41) is 3.42. The van der Waals surface area contributed by atoms with E-state index in [1.54, 1.807) is 0 Å². The van der Waals surface area contributed by atoms with E-state index in [9.17, 15) is 4.79 Å². The lowest BCUT2D eigenvalue weighted by Gasteiger charge is -2.26. The number of rotatable bonds is 1. The van der Waals surface area contributed by atoms with E-state index >= 15 is 0 Å². The number of ether oxygens (including phenoxy) is 1. The van der Waals surface area contributed by atoms with Crippen molar-refractivity contribution in [1.29, 1.82) is 0 Å². The number of nitrogens with zero attached hydrogens (tertiary/aromatic N) is 1. The SMILES string of the molecule is CC1C2CNCC2CN1C(=O)C1CCOC1. The van der Waals surface area contributed by atoms with Crippen molar-refractivity contribution in [2.45, 2.75) is 19.4 Å². The third-order valence-corrected chi connectivity index (χ3v) is 4.50. The second-order valence-electron chi connectivity index (χ2n) is 5.37. The molecule has 3 saturated heterocycles. The lowest BCUT2D eigenvalue weighted by Crippen LogP contribution is -2.41. The molecule has 0 spiro atoms. The minimum Gasteiger partial charge on any atom is -0.381 e. The standard InChI is InChI=1S/C12H20N2O2/c1-8-11-5-13-4-10(11)6-14(8)12(15)9-2-3-16-7-9/h8-11,13H,2-7H2,1H3. The summed E-state index contributed by atoms with van der Waals surface area (Å²) in [4.78, 5) is 14.4. The van der Waals surface area contributed by atoms with Crippen LogP contribution in [-0.2, 0) is 9.53 Å². The van der Waals surface area contributed by atoms with Crippen LogP contribution in [0.15, 0.2) is 0 Å². The minimum atomic E-state index is 0.134. The summed E-state index contributed by atoms with van der Waals surface area (Å²) in [5.41, 5.74) is 0. The van der Waals surface area contributed by atoms with E-state index in [2.05, 4.69) is 17.1 Å². The molecular formula is C12H20N2O2. The van der Waals surface area contributed by atoms with Crippen molar-refractivity contribution in [2.75, 3.05) is 32.8 Å². The molecule has 0 aromatic carbocycles. The Hall–Kier alpha value is -0.610. The predicted molar refractivity (Wildman–Crippen MR) is 60.0 cm³/mol. The second kappa shape index (κ2) is 4.00. The van der Waals surface area contributed by atoms with Gasteiger partial charge in [0, 0.05) is 32.3 Å². The Morgan fingerprint density at radius 2 is 2.31 bits per heavy atom. The Balaban J connectivity index is 1.69. The van der Waals surface area contributed by atoms with E-state index in [-0.39, 0.29) is 5.92 Å². The molecule has 0 saturated carbocycles. The first-order valence-electron chi connectivity index (χ1n) is 6.36. The average molecular weight is 224 g/mol. The molecule has 4 atom stereocenters. The lowest BCUT2D eigenvalue weighted by molar-refractivity contribution is -0.136. The predicted octanol–water partition coefficient (Wildman–Crippen LogP) is 0.0892. The summed E-state index contributed by atoms with van der Waals surface area (Å²) in [5.74, 6) is 1.82. The molecule has 3 aliphatic heterocycles. The van der Waals surface area contributed by atoms with Crippen LogP contribution in [-0.4, -0.2) is 49.7 Å². The molecular weight excluding hydrogens is 204 g/mol. The van der Waals surface area contributed by atoms with Crippen molar-refractivity contribution < 1.29 is 9.53 Å². The zero-order valence-electron chi connectivity index (χ0n) is 9.82. The zero-order chi connectivity index (χ0) is 11.1. The zero-order valence-corrected chi connectivity index (χ0v) is 9.82. The van der Waals surface area contributed by atoms with E-state index < -0.39 is 0 Å². The molecule has 3 heterocycles. The number of likely N-dealkylation sites (tertiary alicyclic amines) is 1. The van der Waals surface area contributed by atoms with Gasteiger partial charge in [0.15, 0.2) is 0 Å². The number of amides is 1. The van der Waals surface area contributed by atoms with Crippen LogP contribution in [0.1, 0.15) is 13.3 Å². The van der Waals surface area contributed by atoms with Crippen LogP contribution in [0.25, 0.3) is 0 Å². The highest BCUT2D eigenvalue weighted by Crippen LogP contribution is 2.33. The van der Waals surface area contributed by atoms with Crippen molar-refractivity contribution in [1.82, 2.24) is 10.2 Å². The maximum absolute atomic E-state index is 12.3. The van der Waals surface area contributed by atoms with E-state index in [1.807, 2.05) is 0 Å². The highest BCUT2D eigenvalue weighted by Gasteiger charge is 2.45. The molecule has 0 aliphatic carbocycles. The van der Waals surface area contributed by atoms with Crippen LogP contribution < -0.4 is 5.32 Å². The molecule has 4 nitrogen and oxygen atoms in total. The molecule has 1 amide bonds. The molecule has 16 heavy (non-hydrogen) atoms. The summed E-state index contributed by atoms with van der Waals surface area (Å²) in [6.45, 7) is 6.71. The van der Waals surface area contributed by atoms with Crippen LogP contribution in [0, 0.1) is 17.8 Å². The molecule has 3 aliphatic rings. The summed E-state index contributed by atoms with van der Waals surface area (Å²) in [6, 6.07) is 0.410. The van der Waals surface area contributed by atoms with Gasteiger partial charge in [-0.05, 0) is 25.2 Å². The number of hydrogen-bond donors (Lipinski definition) is 1. The second-order valence-corrected chi connectivity index (χ2v) is 5.37. The summed E-state index contributed by atoms with van der Waals surface area (Å²) >= 11 is 0. The fraction of sp³-hybridized carbons (Fsp3) is 0.917. The van der Waals surface area contributed by atoms with Gasteiger partial charge in [0.05, 0.1) is 12.5 Å². The van der Waals surface area contributed by atoms with E-state index in [4.69, 9.17) is 4.74 Å². The molecule has 3 fully saturated rings. The first-order chi connectivity index (χ1) is 7.77. The van der Waals surface area contributed by atoms with Gasteiger partial charge in [-0.3, -0.25) is 4.79 Å². The van der Waals surface area contributed by atoms with Gasteiger partial charge in [0.25, 0.3) is 0 Å². The monoisotopic (exact) mass is 224 g/mol. The van der Waals surface area contributed by atoms with Gasteiger partial charge in [-0.25, -0.2) is 0 Å².